The van der Waals surface area contributed by atoms with E-state index in [0.717, 1.165) is 5.57 Å². The molecule has 0 saturated carbocycles. The third-order valence-corrected chi connectivity index (χ3v) is 4.44. The quantitative estimate of drug-likeness (QED) is 0.534. The predicted molar refractivity (Wildman–Crippen MR) is 68.1 cm³/mol. The molecule has 4 atom stereocenters. The van der Waals surface area contributed by atoms with Crippen LogP contribution >= 0.6 is 0 Å². The summed E-state index contributed by atoms with van der Waals surface area (Å²) in [7, 11) is 0. The standard InChI is InChI=1S/C14H20O4/c1-5-9-6(2)13(17)14(18)8(4)10(9)7(3)12(16)11(5)15/h5-6,9,11,15-18H,1-4H3/t5?,6?,9?,11-/m1/s1. The van der Waals surface area contributed by atoms with Crippen LogP contribution in [0.1, 0.15) is 27.7 Å². The average molecular weight is 252 g/mol. The second-order valence-corrected chi connectivity index (χ2v) is 5.40. The maximum absolute atomic E-state index is 10.0. The highest BCUT2D eigenvalue weighted by atomic mass is 16.3. The largest absolute Gasteiger partial charge is 0.509 e. The SMILES string of the molecule is CC1=C2C(C)=C(O)[C@H](O)C(C)C2C(C)C(O)=C1O. The molecule has 0 aliphatic heterocycles. The van der Waals surface area contributed by atoms with Gasteiger partial charge in [0.15, 0.2) is 5.76 Å². The Bertz CT molecular complexity index is 484. The Morgan fingerprint density at radius 2 is 1.44 bits per heavy atom. The van der Waals surface area contributed by atoms with Gasteiger partial charge in [-0.2, -0.15) is 0 Å². The molecule has 0 spiro atoms. The van der Waals surface area contributed by atoms with Gasteiger partial charge in [0.2, 0.25) is 0 Å². The van der Waals surface area contributed by atoms with E-state index in [-0.39, 0.29) is 35.0 Å². The van der Waals surface area contributed by atoms with Crippen LogP contribution in [-0.2, 0) is 0 Å². The summed E-state index contributed by atoms with van der Waals surface area (Å²) in [4.78, 5) is 0. The van der Waals surface area contributed by atoms with Crippen molar-refractivity contribution >= 4 is 0 Å². The number of aliphatic hydroxyl groups is 4. The average Bonchev–Trinajstić information content (AvgIpc) is 2.35. The first-order valence-electron chi connectivity index (χ1n) is 6.20. The molecule has 0 radical (unpaired) electrons. The zero-order chi connectivity index (χ0) is 13.8. The van der Waals surface area contributed by atoms with Gasteiger partial charge in [0.1, 0.15) is 17.6 Å². The van der Waals surface area contributed by atoms with E-state index in [9.17, 15) is 20.4 Å². The molecule has 3 unspecified atom stereocenters. The van der Waals surface area contributed by atoms with Gasteiger partial charge in [-0.25, -0.2) is 0 Å². The molecule has 18 heavy (non-hydrogen) atoms. The van der Waals surface area contributed by atoms with Gasteiger partial charge in [0.05, 0.1) is 0 Å². The van der Waals surface area contributed by atoms with Crippen LogP contribution in [-0.4, -0.2) is 26.5 Å². The minimum absolute atomic E-state index is 0.0329. The van der Waals surface area contributed by atoms with Crippen molar-refractivity contribution in [2.45, 2.75) is 33.8 Å². The third-order valence-electron chi connectivity index (χ3n) is 4.44. The van der Waals surface area contributed by atoms with Crippen LogP contribution in [0.25, 0.3) is 0 Å². The van der Waals surface area contributed by atoms with Crippen LogP contribution in [0.4, 0.5) is 0 Å². The molecule has 0 bridgehead atoms. The summed E-state index contributed by atoms with van der Waals surface area (Å²) < 4.78 is 0. The van der Waals surface area contributed by atoms with Crippen LogP contribution in [0.2, 0.25) is 0 Å². The zero-order valence-electron chi connectivity index (χ0n) is 11.1. The van der Waals surface area contributed by atoms with Crippen LogP contribution in [0.3, 0.4) is 0 Å². The molecule has 4 nitrogen and oxygen atoms in total. The Hall–Kier alpha value is -1.42. The van der Waals surface area contributed by atoms with Crippen LogP contribution in [0.5, 0.6) is 0 Å². The fourth-order valence-corrected chi connectivity index (χ4v) is 3.26. The van der Waals surface area contributed by atoms with E-state index in [1.54, 1.807) is 13.8 Å². The Balaban J connectivity index is 2.70. The number of rotatable bonds is 0. The van der Waals surface area contributed by atoms with E-state index in [1.807, 2.05) is 13.8 Å². The van der Waals surface area contributed by atoms with E-state index in [2.05, 4.69) is 0 Å². The molecule has 2 aliphatic carbocycles. The number of hydrogen-bond acceptors (Lipinski definition) is 4. The molecule has 0 heterocycles. The monoisotopic (exact) mass is 252 g/mol. The van der Waals surface area contributed by atoms with Gasteiger partial charge in [-0.3, -0.25) is 0 Å². The summed E-state index contributed by atoms with van der Waals surface area (Å²) in [6.45, 7) is 7.12. The van der Waals surface area contributed by atoms with Crippen molar-refractivity contribution in [3.05, 3.63) is 34.0 Å². The molecular weight excluding hydrogens is 232 g/mol. The Morgan fingerprint density at radius 3 is 2.00 bits per heavy atom. The van der Waals surface area contributed by atoms with E-state index in [1.165, 1.54) is 0 Å². The minimum Gasteiger partial charge on any atom is -0.509 e. The van der Waals surface area contributed by atoms with Gasteiger partial charge < -0.3 is 20.4 Å². The lowest BCUT2D eigenvalue weighted by Gasteiger charge is -2.42. The highest BCUT2D eigenvalue weighted by Crippen LogP contribution is 2.48. The van der Waals surface area contributed by atoms with Gasteiger partial charge in [-0.1, -0.05) is 13.8 Å². The smallest absolute Gasteiger partial charge is 0.156 e. The molecule has 0 aromatic rings. The Morgan fingerprint density at radius 1 is 0.889 bits per heavy atom. The van der Waals surface area contributed by atoms with Crippen molar-refractivity contribution in [1.29, 1.82) is 0 Å². The van der Waals surface area contributed by atoms with E-state index < -0.39 is 6.10 Å². The van der Waals surface area contributed by atoms with Crippen LogP contribution in [0, 0.1) is 17.8 Å². The van der Waals surface area contributed by atoms with Gasteiger partial charge in [0, 0.05) is 5.92 Å². The summed E-state index contributed by atoms with van der Waals surface area (Å²) >= 11 is 0. The Kier molecular flexibility index (Phi) is 2.93. The summed E-state index contributed by atoms with van der Waals surface area (Å²) in [5.74, 6) is -0.736. The number of hydrogen-bond donors (Lipinski definition) is 4. The van der Waals surface area contributed by atoms with E-state index in [0.29, 0.717) is 11.1 Å². The van der Waals surface area contributed by atoms with Crippen molar-refractivity contribution in [2.24, 2.45) is 17.8 Å². The summed E-state index contributed by atoms with van der Waals surface area (Å²) in [6.07, 6.45) is -0.915. The summed E-state index contributed by atoms with van der Waals surface area (Å²) in [5.41, 5.74) is 2.03. The topological polar surface area (TPSA) is 80.9 Å². The molecule has 0 aromatic heterocycles. The van der Waals surface area contributed by atoms with Crippen molar-refractivity contribution < 1.29 is 20.4 Å². The highest BCUT2D eigenvalue weighted by molar-refractivity contribution is 5.50. The van der Waals surface area contributed by atoms with Crippen LogP contribution in [0.15, 0.2) is 34.0 Å². The fourth-order valence-electron chi connectivity index (χ4n) is 3.26. The van der Waals surface area contributed by atoms with Crippen molar-refractivity contribution in [1.82, 2.24) is 0 Å². The number of aliphatic hydroxyl groups excluding tert-OH is 4. The van der Waals surface area contributed by atoms with E-state index >= 15 is 0 Å². The fraction of sp³-hybridized carbons (Fsp3) is 0.571. The minimum atomic E-state index is -0.915. The lowest BCUT2D eigenvalue weighted by atomic mass is 9.65. The molecule has 4 heteroatoms. The van der Waals surface area contributed by atoms with Gasteiger partial charge in [-0.15, -0.1) is 0 Å². The number of fused-ring (bicyclic) bond motifs is 1. The van der Waals surface area contributed by atoms with Gasteiger partial charge in [-0.05, 0) is 42.4 Å². The lowest BCUT2D eigenvalue weighted by Crippen LogP contribution is -2.40. The molecule has 100 valence electrons. The van der Waals surface area contributed by atoms with Gasteiger partial charge in [0.25, 0.3) is 0 Å². The van der Waals surface area contributed by atoms with Gasteiger partial charge >= 0.3 is 0 Å². The first-order valence-corrected chi connectivity index (χ1v) is 6.20. The zero-order valence-corrected chi connectivity index (χ0v) is 11.1. The van der Waals surface area contributed by atoms with Crippen LogP contribution < -0.4 is 0 Å². The first kappa shape index (κ1) is 13.0. The molecular formula is C14H20O4. The second-order valence-electron chi connectivity index (χ2n) is 5.40. The Labute approximate surface area is 107 Å². The molecule has 2 rings (SSSR count). The maximum Gasteiger partial charge on any atom is 0.156 e. The molecule has 0 saturated heterocycles. The van der Waals surface area contributed by atoms with E-state index in [4.69, 9.17) is 0 Å². The molecule has 0 fully saturated rings. The molecule has 2 aliphatic rings. The summed E-state index contributed by atoms with van der Waals surface area (Å²) in [6, 6.07) is 0. The lowest BCUT2D eigenvalue weighted by molar-refractivity contribution is 0.0536. The molecule has 0 amide bonds. The number of allylic oxidation sites excluding steroid dienone is 4. The van der Waals surface area contributed by atoms with Crippen molar-refractivity contribution in [3.63, 3.8) is 0 Å². The van der Waals surface area contributed by atoms with Crippen molar-refractivity contribution in [2.75, 3.05) is 0 Å². The highest BCUT2D eigenvalue weighted by Gasteiger charge is 2.44. The predicted octanol–water partition coefficient (Wildman–Crippen LogP) is 2.74. The molecule has 4 N–H and O–H groups in total. The second kappa shape index (κ2) is 4.05. The normalized spacial score (nSPS) is 37.2. The summed E-state index contributed by atoms with van der Waals surface area (Å²) in [5, 5.41) is 39.8. The maximum atomic E-state index is 10.0. The first-order chi connectivity index (χ1) is 8.29. The van der Waals surface area contributed by atoms with Crippen molar-refractivity contribution in [3.8, 4) is 0 Å². The molecule has 0 aromatic carbocycles. The third kappa shape index (κ3) is 1.48.